The summed E-state index contributed by atoms with van der Waals surface area (Å²) in [6, 6.07) is 11.5. The first-order valence-electron chi connectivity index (χ1n) is 11.1. The smallest absolute Gasteiger partial charge is 0.416 e. The number of H-pyrrole nitrogens is 1. The summed E-state index contributed by atoms with van der Waals surface area (Å²) in [4.78, 5) is 0. The number of alkyl halides is 3. The van der Waals surface area contributed by atoms with Crippen molar-refractivity contribution in [2.45, 2.75) is 52.4 Å². The van der Waals surface area contributed by atoms with E-state index in [9.17, 15) is 21.6 Å². The predicted molar refractivity (Wildman–Crippen MR) is 133 cm³/mol. The number of rotatable bonds is 10. The highest BCUT2D eigenvalue weighted by atomic mass is 35.5. The van der Waals surface area contributed by atoms with Gasteiger partial charge >= 0.3 is 6.18 Å². The first-order chi connectivity index (χ1) is 16.1. The molecular formula is C24H29ClF3N3O3S. The first kappa shape index (κ1) is 28.5. The Kier molecular flexibility index (Phi) is 9.62. The number of hydrogen-bond donors (Lipinski definition) is 1. The molecular weight excluding hydrogens is 503 g/mol. The lowest BCUT2D eigenvalue weighted by atomic mass is 10.1. The number of halogens is 4. The lowest BCUT2D eigenvalue weighted by Crippen LogP contribution is -2.32. The third-order valence-electron chi connectivity index (χ3n) is 5.55. The number of aromatic nitrogens is 2. The van der Waals surface area contributed by atoms with Crippen LogP contribution in [0.25, 0.3) is 11.3 Å². The van der Waals surface area contributed by atoms with Gasteiger partial charge in [-0.15, -0.1) is 12.4 Å². The monoisotopic (exact) mass is 531 g/mol. The summed E-state index contributed by atoms with van der Waals surface area (Å²) in [5.41, 5.74) is 1.13. The largest absolute Gasteiger partial charge is 0.490 e. The number of hydrogen-bond acceptors (Lipinski definition) is 4. The maximum atomic E-state index is 13.0. The number of anilines is 1. The van der Waals surface area contributed by atoms with E-state index in [-0.39, 0.29) is 30.8 Å². The van der Waals surface area contributed by atoms with Gasteiger partial charge in [0.25, 0.3) is 0 Å². The molecule has 2 aromatic carbocycles. The molecule has 35 heavy (non-hydrogen) atoms. The van der Waals surface area contributed by atoms with Crippen LogP contribution in [0.5, 0.6) is 5.75 Å². The molecule has 0 unspecified atom stereocenters. The first-order valence-corrected chi connectivity index (χ1v) is 12.7. The second kappa shape index (κ2) is 11.8. The standard InChI is InChI=1S/C24H28F3N3O3S.ClH/c1-4-21(5-2)33-22-9-7-8-20(14-22)30(34(31,32)6-3)16-18-15-28-29-23(18)17-10-12-19(13-11-17)24(25,26)27;/h7-15,21H,4-6,16H2,1-3H3,(H,28,29);1H. The van der Waals surface area contributed by atoms with Gasteiger partial charge in [-0.05, 0) is 49.6 Å². The molecule has 0 aliphatic carbocycles. The minimum Gasteiger partial charge on any atom is -0.490 e. The summed E-state index contributed by atoms with van der Waals surface area (Å²) in [7, 11) is -3.68. The number of nitrogens with one attached hydrogen (secondary N) is 1. The van der Waals surface area contributed by atoms with E-state index in [4.69, 9.17) is 4.74 Å². The molecule has 192 valence electrons. The van der Waals surface area contributed by atoms with E-state index in [1.54, 1.807) is 31.2 Å². The molecule has 3 rings (SSSR count). The summed E-state index contributed by atoms with van der Waals surface area (Å²) < 4.78 is 72.0. The van der Waals surface area contributed by atoms with Gasteiger partial charge in [-0.1, -0.05) is 32.0 Å². The SMILES string of the molecule is CCC(CC)Oc1cccc(N(Cc2cn[nH]c2-c2ccc(C(F)(F)F)cc2)S(=O)(=O)CC)c1.Cl. The average Bonchev–Trinajstić information content (AvgIpc) is 3.29. The molecule has 0 saturated heterocycles. The zero-order chi connectivity index (χ0) is 24.9. The molecule has 0 spiro atoms. The van der Waals surface area contributed by atoms with Crippen LogP contribution in [0.3, 0.4) is 0 Å². The van der Waals surface area contributed by atoms with Crippen molar-refractivity contribution in [1.82, 2.24) is 10.2 Å². The molecule has 0 radical (unpaired) electrons. The lowest BCUT2D eigenvalue weighted by Gasteiger charge is -2.25. The Morgan fingerprint density at radius 2 is 1.71 bits per heavy atom. The van der Waals surface area contributed by atoms with Crippen LogP contribution in [0, 0.1) is 0 Å². The lowest BCUT2D eigenvalue weighted by molar-refractivity contribution is -0.137. The Balaban J connectivity index is 0.00000432. The molecule has 11 heteroatoms. The molecule has 1 N–H and O–H groups in total. The number of sulfonamides is 1. The zero-order valence-corrected chi connectivity index (χ0v) is 21.3. The molecule has 0 amide bonds. The Morgan fingerprint density at radius 1 is 1.06 bits per heavy atom. The Morgan fingerprint density at radius 3 is 2.29 bits per heavy atom. The summed E-state index contributed by atoms with van der Waals surface area (Å²) in [6.45, 7) is 5.55. The Labute approximate surface area is 210 Å². The highest BCUT2D eigenvalue weighted by Crippen LogP contribution is 2.33. The quantitative estimate of drug-likeness (QED) is 0.326. The Bertz CT molecular complexity index is 1190. The molecule has 1 heterocycles. The van der Waals surface area contributed by atoms with E-state index >= 15 is 0 Å². The van der Waals surface area contributed by atoms with Crippen molar-refractivity contribution in [2.24, 2.45) is 0 Å². The van der Waals surface area contributed by atoms with Crippen LogP contribution in [0.2, 0.25) is 0 Å². The van der Waals surface area contributed by atoms with Gasteiger partial charge in [0.05, 0.1) is 41.5 Å². The van der Waals surface area contributed by atoms with Crippen molar-refractivity contribution in [3.63, 3.8) is 0 Å². The van der Waals surface area contributed by atoms with Crippen molar-refractivity contribution < 1.29 is 26.3 Å². The maximum absolute atomic E-state index is 13.0. The van der Waals surface area contributed by atoms with Gasteiger partial charge in [0.1, 0.15) is 5.75 Å². The van der Waals surface area contributed by atoms with Crippen LogP contribution in [0.15, 0.2) is 54.7 Å². The van der Waals surface area contributed by atoms with Crippen molar-refractivity contribution >= 4 is 28.1 Å². The second-order valence-corrected chi connectivity index (χ2v) is 9.99. The highest BCUT2D eigenvalue weighted by molar-refractivity contribution is 7.92. The minimum atomic E-state index is -4.44. The predicted octanol–water partition coefficient (Wildman–Crippen LogP) is 6.44. The minimum absolute atomic E-state index is 0. The zero-order valence-electron chi connectivity index (χ0n) is 19.7. The maximum Gasteiger partial charge on any atom is 0.416 e. The van der Waals surface area contributed by atoms with E-state index < -0.39 is 21.8 Å². The molecule has 0 fully saturated rings. The molecule has 1 aromatic heterocycles. The molecule has 0 aliphatic rings. The second-order valence-electron chi connectivity index (χ2n) is 7.81. The number of aromatic amines is 1. The summed E-state index contributed by atoms with van der Waals surface area (Å²) in [5.74, 6) is 0.440. The normalized spacial score (nSPS) is 11.9. The van der Waals surface area contributed by atoms with Crippen molar-refractivity contribution in [3.8, 4) is 17.0 Å². The number of ether oxygens (including phenoxy) is 1. The van der Waals surface area contributed by atoms with Gasteiger partial charge < -0.3 is 4.74 Å². The topological polar surface area (TPSA) is 75.3 Å². The van der Waals surface area contributed by atoms with Crippen LogP contribution in [0.4, 0.5) is 18.9 Å². The van der Waals surface area contributed by atoms with Gasteiger partial charge in [-0.2, -0.15) is 18.3 Å². The van der Waals surface area contributed by atoms with Gasteiger partial charge in [0.15, 0.2) is 0 Å². The average molecular weight is 532 g/mol. The van der Waals surface area contributed by atoms with E-state index in [2.05, 4.69) is 10.2 Å². The van der Waals surface area contributed by atoms with Crippen LogP contribution in [-0.2, 0) is 22.7 Å². The summed E-state index contributed by atoms with van der Waals surface area (Å²) in [6.07, 6.45) is -1.29. The van der Waals surface area contributed by atoms with Crippen LogP contribution < -0.4 is 9.04 Å². The van der Waals surface area contributed by atoms with Crippen molar-refractivity contribution in [3.05, 3.63) is 65.9 Å². The molecule has 0 saturated carbocycles. The van der Waals surface area contributed by atoms with Crippen LogP contribution >= 0.6 is 12.4 Å². The summed E-state index contributed by atoms with van der Waals surface area (Å²) >= 11 is 0. The van der Waals surface area contributed by atoms with Crippen molar-refractivity contribution in [1.29, 1.82) is 0 Å². The van der Waals surface area contributed by atoms with Gasteiger partial charge in [0, 0.05) is 11.6 Å². The third-order valence-corrected chi connectivity index (χ3v) is 7.29. The molecule has 0 aliphatic heterocycles. The molecule has 6 nitrogen and oxygen atoms in total. The van der Waals surface area contributed by atoms with E-state index in [1.807, 2.05) is 13.8 Å². The van der Waals surface area contributed by atoms with Crippen LogP contribution in [-0.4, -0.2) is 30.5 Å². The molecule has 0 atom stereocenters. The fourth-order valence-corrected chi connectivity index (χ4v) is 4.61. The molecule has 0 bridgehead atoms. The van der Waals surface area contributed by atoms with Crippen LogP contribution in [0.1, 0.15) is 44.7 Å². The van der Waals surface area contributed by atoms with Gasteiger partial charge in [-0.3, -0.25) is 9.40 Å². The van der Waals surface area contributed by atoms with Crippen molar-refractivity contribution in [2.75, 3.05) is 10.1 Å². The number of benzene rings is 2. The summed E-state index contributed by atoms with van der Waals surface area (Å²) in [5, 5.41) is 6.79. The third kappa shape index (κ3) is 6.91. The highest BCUT2D eigenvalue weighted by Gasteiger charge is 2.30. The van der Waals surface area contributed by atoms with Gasteiger partial charge in [-0.25, -0.2) is 8.42 Å². The molecule has 3 aromatic rings. The number of nitrogens with zero attached hydrogens (tertiary/aromatic N) is 2. The Hall–Kier alpha value is -2.72. The fraction of sp³-hybridized carbons (Fsp3) is 0.375. The van der Waals surface area contributed by atoms with E-state index in [0.717, 1.165) is 25.0 Å². The van der Waals surface area contributed by atoms with E-state index in [0.29, 0.717) is 28.3 Å². The van der Waals surface area contributed by atoms with E-state index in [1.165, 1.54) is 22.6 Å². The van der Waals surface area contributed by atoms with Gasteiger partial charge in [0.2, 0.25) is 10.0 Å². The fourth-order valence-electron chi connectivity index (χ4n) is 3.53.